The van der Waals surface area contributed by atoms with Crippen LogP contribution in [0.5, 0.6) is 5.75 Å². The molecule has 0 saturated carbocycles. The Morgan fingerprint density at radius 2 is 2.04 bits per heavy atom. The van der Waals surface area contributed by atoms with Gasteiger partial charge in [-0.2, -0.15) is 0 Å². The summed E-state index contributed by atoms with van der Waals surface area (Å²) in [5, 5.41) is 10.9. The molecule has 28 heavy (non-hydrogen) atoms. The summed E-state index contributed by atoms with van der Waals surface area (Å²) in [5.74, 6) is 0.364. The highest BCUT2D eigenvalue weighted by Gasteiger charge is 2.19. The van der Waals surface area contributed by atoms with Gasteiger partial charge in [-0.15, -0.1) is 6.58 Å². The minimum Gasteiger partial charge on any atom is -0.483 e. The minimum atomic E-state index is -0.452. The van der Waals surface area contributed by atoms with Crippen LogP contribution in [-0.2, 0) is 11.2 Å². The maximum Gasteiger partial charge on any atom is 0.269 e. The van der Waals surface area contributed by atoms with E-state index in [1.54, 1.807) is 11.0 Å². The van der Waals surface area contributed by atoms with Crippen LogP contribution in [0.15, 0.2) is 67.3 Å². The number of nitrogens with zero attached hydrogens (tertiary/aromatic N) is 2. The molecule has 2 aromatic rings. The van der Waals surface area contributed by atoms with Crippen LogP contribution in [0.1, 0.15) is 17.5 Å². The molecule has 0 aliphatic carbocycles. The molecule has 0 radical (unpaired) electrons. The lowest BCUT2D eigenvalue weighted by Gasteiger charge is -2.26. The second-order valence-corrected chi connectivity index (χ2v) is 6.52. The molecule has 6 heteroatoms. The fourth-order valence-corrected chi connectivity index (χ4v) is 3.18. The van der Waals surface area contributed by atoms with E-state index >= 15 is 0 Å². The summed E-state index contributed by atoms with van der Waals surface area (Å²) in [5.41, 5.74) is 3.06. The Kier molecular flexibility index (Phi) is 6.22. The molecule has 0 fully saturated rings. The number of benzene rings is 2. The summed E-state index contributed by atoms with van der Waals surface area (Å²) in [7, 11) is 0. The van der Waals surface area contributed by atoms with Gasteiger partial charge in [0, 0.05) is 30.8 Å². The predicted octanol–water partition coefficient (Wildman–Crippen LogP) is 4.02. The molecule has 0 atom stereocenters. The van der Waals surface area contributed by atoms with Crippen molar-refractivity contribution < 1.29 is 14.5 Å². The maximum atomic E-state index is 12.5. The fourth-order valence-electron chi connectivity index (χ4n) is 3.18. The predicted molar refractivity (Wildman–Crippen MR) is 108 cm³/mol. The summed E-state index contributed by atoms with van der Waals surface area (Å²) in [6.07, 6.45) is 4.95. The highest BCUT2D eigenvalue weighted by atomic mass is 16.6. The van der Waals surface area contributed by atoms with Gasteiger partial charge >= 0.3 is 0 Å². The van der Waals surface area contributed by atoms with Gasteiger partial charge in [-0.25, -0.2) is 0 Å². The van der Waals surface area contributed by atoms with Crippen molar-refractivity contribution in [3.05, 3.63) is 88.5 Å². The van der Waals surface area contributed by atoms with Crippen molar-refractivity contribution in [3.8, 4) is 5.75 Å². The SMILES string of the molecule is C=CCc1cc([N+](=O)[O-])ccc1OCC(=O)N1CC=C(c2ccccc2)CC1. The van der Waals surface area contributed by atoms with Crippen LogP contribution in [-0.4, -0.2) is 35.4 Å². The average molecular weight is 378 g/mol. The van der Waals surface area contributed by atoms with E-state index in [2.05, 4.69) is 24.8 Å². The first-order valence-corrected chi connectivity index (χ1v) is 9.11. The molecule has 3 rings (SSSR count). The van der Waals surface area contributed by atoms with Crippen molar-refractivity contribution in [1.82, 2.24) is 4.90 Å². The van der Waals surface area contributed by atoms with Gasteiger partial charge in [0.05, 0.1) is 4.92 Å². The van der Waals surface area contributed by atoms with Crippen molar-refractivity contribution in [1.29, 1.82) is 0 Å². The van der Waals surface area contributed by atoms with Gasteiger partial charge in [0.15, 0.2) is 6.61 Å². The summed E-state index contributed by atoms with van der Waals surface area (Å²) in [6, 6.07) is 14.5. The normalized spacial score (nSPS) is 13.6. The van der Waals surface area contributed by atoms with E-state index in [1.165, 1.54) is 29.3 Å². The molecule has 1 amide bonds. The van der Waals surface area contributed by atoms with Crippen LogP contribution in [0.4, 0.5) is 5.69 Å². The van der Waals surface area contributed by atoms with Crippen molar-refractivity contribution in [2.24, 2.45) is 0 Å². The molecule has 0 saturated heterocycles. The number of nitro benzene ring substituents is 1. The Labute approximate surface area is 163 Å². The topological polar surface area (TPSA) is 72.7 Å². The summed E-state index contributed by atoms with van der Waals surface area (Å²) in [6.45, 7) is 4.75. The van der Waals surface area contributed by atoms with Crippen LogP contribution < -0.4 is 4.74 Å². The summed E-state index contributed by atoms with van der Waals surface area (Å²) >= 11 is 0. The monoisotopic (exact) mass is 378 g/mol. The Balaban J connectivity index is 1.61. The molecule has 0 aromatic heterocycles. The van der Waals surface area contributed by atoms with Gasteiger partial charge in [0.25, 0.3) is 11.6 Å². The van der Waals surface area contributed by atoms with E-state index in [0.29, 0.717) is 30.8 Å². The average Bonchev–Trinajstić information content (AvgIpc) is 2.73. The third-order valence-electron chi connectivity index (χ3n) is 4.68. The molecule has 0 N–H and O–H groups in total. The number of hydrogen-bond donors (Lipinski definition) is 0. The Bertz CT molecular complexity index is 906. The lowest BCUT2D eigenvalue weighted by molar-refractivity contribution is -0.384. The van der Waals surface area contributed by atoms with E-state index in [-0.39, 0.29) is 18.2 Å². The number of carbonyl (C=O) groups excluding carboxylic acids is 1. The van der Waals surface area contributed by atoms with Crippen LogP contribution in [0.2, 0.25) is 0 Å². The quantitative estimate of drug-likeness (QED) is 0.414. The van der Waals surface area contributed by atoms with E-state index < -0.39 is 4.92 Å². The second-order valence-electron chi connectivity index (χ2n) is 6.52. The number of allylic oxidation sites excluding steroid dienone is 1. The second kappa shape index (κ2) is 8.99. The Hall–Kier alpha value is -3.41. The number of amides is 1. The highest BCUT2D eigenvalue weighted by molar-refractivity contribution is 5.79. The molecule has 144 valence electrons. The van der Waals surface area contributed by atoms with Crippen LogP contribution in [0.3, 0.4) is 0 Å². The highest BCUT2D eigenvalue weighted by Crippen LogP contribution is 2.26. The fraction of sp³-hybridized carbons (Fsp3) is 0.227. The zero-order valence-corrected chi connectivity index (χ0v) is 15.5. The third-order valence-corrected chi connectivity index (χ3v) is 4.68. The first-order valence-electron chi connectivity index (χ1n) is 9.11. The summed E-state index contributed by atoms with van der Waals surface area (Å²) in [4.78, 5) is 24.7. The zero-order chi connectivity index (χ0) is 19.9. The molecular formula is C22H22N2O4. The van der Waals surface area contributed by atoms with E-state index in [9.17, 15) is 14.9 Å². The van der Waals surface area contributed by atoms with Gasteiger partial charge in [0.1, 0.15) is 5.75 Å². The number of non-ortho nitro benzene ring substituents is 1. The number of nitro groups is 1. The molecule has 6 nitrogen and oxygen atoms in total. The lowest BCUT2D eigenvalue weighted by Crippen LogP contribution is -2.37. The Morgan fingerprint density at radius 3 is 2.68 bits per heavy atom. The van der Waals surface area contributed by atoms with E-state index in [1.807, 2.05) is 18.2 Å². The maximum absolute atomic E-state index is 12.5. The standard InChI is InChI=1S/C22H22N2O4/c1-2-6-19-15-20(24(26)27)9-10-21(19)28-16-22(25)23-13-11-18(12-14-23)17-7-4-3-5-8-17/h2-5,7-11,15H,1,6,12-14,16H2. The molecule has 0 bridgehead atoms. The largest absolute Gasteiger partial charge is 0.483 e. The van der Waals surface area contributed by atoms with Gasteiger partial charge in [0.2, 0.25) is 0 Å². The first-order chi connectivity index (χ1) is 13.6. The zero-order valence-electron chi connectivity index (χ0n) is 15.5. The summed E-state index contributed by atoms with van der Waals surface area (Å²) < 4.78 is 5.67. The van der Waals surface area contributed by atoms with Crippen LogP contribution >= 0.6 is 0 Å². The van der Waals surface area contributed by atoms with Gasteiger partial charge in [-0.3, -0.25) is 14.9 Å². The molecule has 0 spiro atoms. The van der Waals surface area contributed by atoms with Gasteiger partial charge in [-0.1, -0.05) is 42.5 Å². The van der Waals surface area contributed by atoms with Crippen LogP contribution in [0, 0.1) is 10.1 Å². The van der Waals surface area contributed by atoms with Crippen LogP contribution in [0.25, 0.3) is 5.57 Å². The Morgan fingerprint density at radius 1 is 1.25 bits per heavy atom. The molecule has 1 aliphatic rings. The van der Waals surface area contributed by atoms with Gasteiger partial charge in [-0.05, 0) is 30.0 Å². The smallest absolute Gasteiger partial charge is 0.269 e. The van der Waals surface area contributed by atoms with Crippen molar-refractivity contribution in [2.75, 3.05) is 19.7 Å². The van der Waals surface area contributed by atoms with Crippen molar-refractivity contribution in [3.63, 3.8) is 0 Å². The molecule has 2 aromatic carbocycles. The number of ether oxygens (including phenoxy) is 1. The van der Waals surface area contributed by atoms with E-state index in [4.69, 9.17) is 4.74 Å². The molecule has 0 unspecified atom stereocenters. The van der Waals surface area contributed by atoms with Gasteiger partial charge < -0.3 is 9.64 Å². The van der Waals surface area contributed by atoms with Crippen molar-refractivity contribution >= 4 is 17.2 Å². The molecule has 1 aliphatic heterocycles. The molecular weight excluding hydrogens is 356 g/mol. The van der Waals surface area contributed by atoms with E-state index in [0.717, 1.165) is 6.42 Å². The lowest BCUT2D eigenvalue weighted by atomic mass is 10.00. The minimum absolute atomic E-state index is 0.00913. The number of rotatable bonds is 7. The third kappa shape index (κ3) is 4.65. The number of carbonyl (C=O) groups is 1. The number of hydrogen-bond acceptors (Lipinski definition) is 4. The molecule has 1 heterocycles. The van der Waals surface area contributed by atoms with Crippen molar-refractivity contribution in [2.45, 2.75) is 12.8 Å². The first kappa shape index (κ1) is 19.4.